The van der Waals surface area contributed by atoms with Crippen molar-refractivity contribution in [2.75, 3.05) is 45.3 Å². The zero-order valence-corrected chi connectivity index (χ0v) is 19.8. The smallest absolute Gasteiger partial charge is 0.240 e. The fourth-order valence-corrected chi connectivity index (χ4v) is 4.08. The van der Waals surface area contributed by atoms with E-state index in [1.807, 2.05) is 18.2 Å². The van der Waals surface area contributed by atoms with Crippen LogP contribution in [-0.2, 0) is 30.8 Å². The van der Waals surface area contributed by atoms with E-state index in [0.717, 1.165) is 5.69 Å². The van der Waals surface area contributed by atoms with Crippen molar-refractivity contribution in [1.29, 1.82) is 0 Å². The third-order valence-electron chi connectivity index (χ3n) is 4.79. The van der Waals surface area contributed by atoms with Crippen LogP contribution in [0.4, 0.5) is 5.82 Å². The molecule has 34 heavy (non-hydrogen) atoms. The van der Waals surface area contributed by atoms with E-state index in [-0.39, 0.29) is 30.4 Å². The highest BCUT2D eigenvalue weighted by Gasteiger charge is 2.14. The second-order valence-corrected chi connectivity index (χ2v) is 9.10. The van der Waals surface area contributed by atoms with Gasteiger partial charge in [-0.25, -0.2) is 18.1 Å². The van der Waals surface area contributed by atoms with Crippen molar-refractivity contribution in [2.45, 2.75) is 17.9 Å². The second kappa shape index (κ2) is 12.9. The van der Waals surface area contributed by atoms with Gasteiger partial charge in [0.1, 0.15) is 5.82 Å². The fraction of sp³-hybridized carbons (Fsp3) is 0.348. The molecule has 1 amide bonds. The number of fused-ring (bicyclic) bond motifs is 1. The van der Waals surface area contributed by atoms with Gasteiger partial charge in [0.25, 0.3) is 0 Å². The Morgan fingerprint density at radius 1 is 1.03 bits per heavy atom. The molecule has 0 aliphatic carbocycles. The van der Waals surface area contributed by atoms with Crippen molar-refractivity contribution in [3.63, 3.8) is 0 Å². The van der Waals surface area contributed by atoms with Gasteiger partial charge in [0.2, 0.25) is 15.9 Å². The van der Waals surface area contributed by atoms with Crippen LogP contribution in [0.2, 0.25) is 0 Å². The van der Waals surface area contributed by atoms with Crippen LogP contribution in [0.3, 0.4) is 0 Å². The molecule has 0 atom stereocenters. The molecule has 2 aromatic heterocycles. The number of hydrogen-bond donors (Lipinski definition) is 3. The molecule has 0 saturated carbocycles. The van der Waals surface area contributed by atoms with E-state index in [2.05, 4.69) is 25.3 Å². The van der Waals surface area contributed by atoms with Crippen molar-refractivity contribution < 1.29 is 22.7 Å². The number of carbonyl (C=O) groups excluding carboxylic acids is 1. The zero-order valence-electron chi connectivity index (χ0n) is 19.0. The zero-order chi connectivity index (χ0) is 24.2. The van der Waals surface area contributed by atoms with Crippen LogP contribution in [0.25, 0.3) is 10.9 Å². The number of amides is 1. The number of carbonyl (C=O) groups is 1. The van der Waals surface area contributed by atoms with Gasteiger partial charge in [-0.05, 0) is 42.5 Å². The van der Waals surface area contributed by atoms with Gasteiger partial charge in [-0.2, -0.15) is 0 Å². The van der Waals surface area contributed by atoms with Crippen LogP contribution < -0.4 is 15.4 Å². The Labute approximate surface area is 199 Å². The van der Waals surface area contributed by atoms with E-state index in [4.69, 9.17) is 9.47 Å². The van der Waals surface area contributed by atoms with E-state index < -0.39 is 10.0 Å². The van der Waals surface area contributed by atoms with Crippen LogP contribution in [0.15, 0.2) is 59.6 Å². The van der Waals surface area contributed by atoms with Crippen molar-refractivity contribution in [2.24, 2.45) is 0 Å². The number of anilines is 1. The maximum absolute atomic E-state index is 12.5. The number of benzene rings is 1. The average molecular weight is 488 g/mol. The Morgan fingerprint density at radius 3 is 2.71 bits per heavy atom. The van der Waals surface area contributed by atoms with Crippen LogP contribution in [0.5, 0.6) is 0 Å². The first kappa shape index (κ1) is 25.5. The van der Waals surface area contributed by atoms with Crippen LogP contribution >= 0.6 is 0 Å². The van der Waals surface area contributed by atoms with Gasteiger partial charge >= 0.3 is 0 Å². The summed E-state index contributed by atoms with van der Waals surface area (Å²) in [5.41, 5.74) is 1.44. The second-order valence-electron chi connectivity index (χ2n) is 7.33. The van der Waals surface area contributed by atoms with Gasteiger partial charge in [0.15, 0.2) is 0 Å². The molecular weight excluding hydrogens is 458 g/mol. The predicted octanol–water partition coefficient (Wildman–Crippen LogP) is 1.69. The summed E-state index contributed by atoms with van der Waals surface area (Å²) in [7, 11) is -2.08. The number of rotatable bonds is 14. The van der Waals surface area contributed by atoms with Crippen molar-refractivity contribution in [3.8, 4) is 0 Å². The average Bonchev–Trinajstić information content (AvgIpc) is 2.85. The molecule has 0 bridgehead atoms. The number of sulfonamides is 1. The SMILES string of the molecule is COCCOCCNS(=O)(=O)c1ccc2nc(NCCC(=O)NCc3ccccn3)ccc2c1. The highest BCUT2D eigenvalue weighted by Crippen LogP contribution is 2.19. The van der Waals surface area contributed by atoms with Gasteiger partial charge in [-0.15, -0.1) is 0 Å². The summed E-state index contributed by atoms with van der Waals surface area (Å²) in [6.07, 6.45) is 1.97. The van der Waals surface area contributed by atoms with Crippen LogP contribution in [-0.4, -0.2) is 64.3 Å². The minimum atomic E-state index is -3.66. The number of methoxy groups -OCH3 is 1. The molecule has 10 nitrogen and oxygen atoms in total. The Morgan fingerprint density at radius 2 is 1.91 bits per heavy atom. The van der Waals surface area contributed by atoms with E-state index >= 15 is 0 Å². The minimum Gasteiger partial charge on any atom is -0.382 e. The summed E-state index contributed by atoms with van der Waals surface area (Å²) in [4.78, 5) is 20.8. The van der Waals surface area contributed by atoms with Gasteiger partial charge in [-0.1, -0.05) is 6.07 Å². The van der Waals surface area contributed by atoms with Crippen molar-refractivity contribution >= 4 is 32.7 Å². The third kappa shape index (κ3) is 8.03. The monoisotopic (exact) mass is 487 g/mol. The Bertz CT molecular complexity index is 1170. The van der Waals surface area contributed by atoms with E-state index in [1.165, 1.54) is 6.07 Å². The minimum absolute atomic E-state index is 0.0922. The molecule has 2 heterocycles. The summed E-state index contributed by atoms with van der Waals surface area (Å²) in [5.74, 6) is 0.511. The number of nitrogens with zero attached hydrogens (tertiary/aromatic N) is 2. The number of nitrogens with one attached hydrogen (secondary N) is 3. The lowest BCUT2D eigenvalue weighted by molar-refractivity contribution is -0.121. The highest BCUT2D eigenvalue weighted by molar-refractivity contribution is 7.89. The Hall–Kier alpha value is -3.12. The van der Waals surface area contributed by atoms with Gasteiger partial charge in [-0.3, -0.25) is 9.78 Å². The van der Waals surface area contributed by atoms with E-state index in [0.29, 0.717) is 43.0 Å². The molecule has 0 spiro atoms. The van der Waals surface area contributed by atoms with Gasteiger partial charge in [0, 0.05) is 38.2 Å². The summed E-state index contributed by atoms with van der Waals surface area (Å²) in [6.45, 7) is 2.09. The summed E-state index contributed by atoms with van der Waals surface area (Å²) in [5, 5.41) is 6.64. The number of hydrogen-bond acceptors (Lipinski definition) is 8. The van der Waals surface area contributed by atoms with E-state index in [1.54, 1.807) is 37.6 Å². The number of pyridine rings is 2. The largest absolute Gasteiger partial charge is 0.382 e. The van der Waals surface area contributed by atoms with Crippen molar-refractivity contribution in [1.82, 2.24) is 20.0 Å². The molecule has 0 fully saturated rings. The lowest BCUT2D eigenvalue weighted by Crippen LogP contribution is -2.27. The standard InChI is InChI=1S/C23H29N5O5S/c1-32-14-15-33-13-12-27-34(30,31)20-6-7-21-18(16-20)5-8-22(28-21)25-11-9-23(29)26-17-19-4-2-3-10-24-19/h2-8,10,16,27H,9,11-15,17H2,1H3,(H,25,28)(H,26,29). The maximum Gasteiger partial charge on any atom is 0.240 e. The Balaban J connectivity index is 1.48. The maximum atomic E-state index is 12.5. The molecule has 0 unspecified atom stereocenters. The summed E-state index contributed by atoms with van der Waals surface area (Å²) >= 11 is 0. The molecule has 11 heteroatoms. The fourth-order valence-electron chi connectivity index (χ4n) is 3.03. The Kier molecular flexibility index (Phi) is 9.71. The highest BCUT2D eigenvalue weighted by atomic mass is 32.2. The summed E-state index contributed by atoms with van der Waals surface area (Å²) in [6, 6.07) is 13.8. The lowest BCUT2D eigenvalue weighted by atomic mass is 10.2. The predicted molar refractivity (Wildman–Crippen MR) is 129 cm³/mol. The quantitative estimate of drug-likeness (QED) is 0.293. The van der Waals surface area contributed by atoms with Crippen LogP contribution in [0, 0.1) is 0 Å². The normalized spacial score (nSPS) is 11.4. The van der Waals surface area contributed by atoms with Crippen LogP contribution in [0.1, 0.15) is 12.1 Å². The molecular formula is C23H29N5O5S. The summed E-state index contributed by atoms with van der Waals surface area (Å²) < 4.78 is 37.7. The van der Waals surface area contributed by atoms with Gasteiger partial charge in [0.05, 0.1) is 42.5 Å². The van der Waals surface area contributed by atoms with Crippen molar-refractivity contribution in [3.05, 3.63) is 60.4 Å². The molecule has 3 N–H and O–H groups in total. The molecule has 0 aliphatic rings. The molecule has 3 rings (SSSR count). The molecule has 3 aromatic rings. The third-order valence-corrected chi connectivity index (χ3v) is 6.25. The molecule has 182 valence electrons. The topological polar surface area (TPSA) is 132 Å². The molecule has 0 aliphatic heterocycles. The first-order valence-corrected chi connectivity index (χ1v) is 12.3. The molecule has 1 aromatic carbocycles. The molecule has 0 saturated heterocycles. The lowest BCUT2D eigenvalue weighted by Gasteiger charge is -2.10. The number of aromatic nitrogens is 2. The van der Waals surface area contributed by atoms with Gasteiger partial charge < -0.3 is 20.1 Å². The number of ether oxygens (including phenoxy) is 2. The molecule has 0 radical (unpaired) electrons. The van der Waals surface area contributed by atoms with E-state index in [9.17, 15) is 13.2 Å². The first-order chi connectivity index (χ1) is 16.5. The first-order valence-electron chi connectivity index (χ1n) is 10.9.